The highest BCUT2D eigenvalue weighted by Crippen LogP contribution is 2.35. The highest BCUT2D eigenvalue weighted by molar-refractivity contribution is 5.95. The minimum Gasteiger partial charge on any atom is -0.493 e. The molecule has 2 N–H and O–H groups in total. The summed E-state index contributed by atoms with van der Waals surface area (Å²) in [5.74, 6) is 0.596. The third kappa shape index (κ3) is 6.60. The third-order valence-electron chi connectivity index (χ3n) is 7.07. The van der Waals surface area contributed by atoms with Crippen LogP contribution in [0.15, 0.2) is 59.2 Å². The van der Waals surface area contributed by atoms with E-state index in [9.17, 15) is 14.4 Å². The predicted octanol–water partition coefficient (Wildman–Crippen LogP) is 2.82. The molecule has 3 amide bonds. The van der Waals surface area contributed by atoms with E-state index in [0.717, 1.165) is 12.8 Å². The van der Waals surface area contributed by atoms with Gasteiger partial charge in [0.15, 0.2) is 28.8 Å². The van der Waals surface area contributed by atoms with Gasteiger partial charge >= 0.3 is 0 Å². The molecule has 0 bridgehead atoms. The number of methoxy groups -OCH3 is 2. The number of carbonyl (C=O) groups is 3. The molecule has 5 rings (SSSR count). The fourth-order valence-corrected chi connectivity index (χ4v) is 4.92. The van der Waals surface area contributed by atoms with E-state index in [2.05, 4.69) is 10.6 Å². The summed E-state index contributed by atoms with van der Waals surface area (Å²) in [4.78, 5) is 41.8. The Bertz CT molecular complexity index is 1400. The zero-order valence-electron chi connectivity index (χ0n) is 23.4. The summed E-state index contributed by atoms with van der Waals surface area (Å²) in [7, 11) is 3.01. The van der Waals surface area contributed by atoms with Gasteiger partial charge in [-0.15, -0.1) is 0 Å². The van der Waals surface area contributed by atoms with Crippen LogP contribution < -0.4 is 29.6 Å². The summed E-state index contributed by atoms with van der Waals surface area (Å²) in [6.45, 7) is 0.680. The van der Waals surface area contributed by atoms with E-state index in [4.69, 9.17) is 28.1 Å². The second kappa shape index (κ2) is 13.3. The summed E-state index contributed by atoms with van der Waals surface area (Å²) in [6, 6.07) is 12.3. The summed E-state index contributed by atoms with van der Waals surface area (Å²) >= 11 is 0. The lowest BCUT2D eigenvalue weighted by Gasteiger charge is -2.32. The van der Waals surface area contributed by atoms with Gasteiger partial charge in [0.05, 0.1) is 33.1 Å². The minimum atomic E-state index is -1.09. The number of amides is 3. The van der Waals surface area contributed by atoms with Gasteiger partial charge in [-0.25, -0.2) is 0 Å². The summed E-state index contributed by atoms with van der Waals surface area (Å²) in [5.41, 5.74) is 1.19. The highest BCUT2D eigenvalue weighted by Gasteiger charge is 2.33. The quantitative estimate of drug-likeness (QED) is 0.332. The Hall–Kier alpha value is -4.71. The maximum Gasteiger partial charge on any atom is 0.287 e. The summed E-state index contributed by atoms with van der Waals surface area (Å²) in [6.07, 6.45) is 3.02. The van der Waals surface area contributed by atoms with Crippen LogP contribution in [0.3, 0.4) is 0 Å². The standard InChI is InChI=1S/C30H33N3O9/c1-37-22-10-8-20(14-25(22)38-2)28(30(36)31-15-21-5-3-11-39-21)33(17-19-7-9-23-26(13-19)42-18-41-23)27(34)16-32-29(35)24-6-4-12-40-24/h4,6-10,12-14,21,28H,3,5,11,15-18H2,1-2H3,(H,31,36)(H,32,35)/t21-,28-/m1/s1. The first-order valence-corrected chi connectivity index (χ1v) is 13.6. The molecule has 1 aromatic heterocycles. The fraction of sp³-hybridized carbons (Fsp3) is 0.367. The molecule has 0 unspecified atom stereocenters. The number of nitrogens with zero attached hydrogens (tertiary/aromatic N) is 1. The lowest BCUT2D eigenvalue weighted by Crippen LogP contribution is -2.48. The van der Waals surface area contributed by atoms with Crippen LogP contribution in [0.1, 0.15) is 40.6 Å². The third-order valence-corrected chi connectivity index (χ3v) is 7.07. The van der Waals surface area contributed by atoms with Crippen LogP contribution in [0.25, 0.3) is 0 Å². The normalized spacial score (nSPS) is 16.0. The van der Waals surface area contributed by atoms with Crippen molar-refractivity contribution < 1.29 is 42.5 Å². The smallest absolute Gasteiger partial charge is 0.287 e. The molecule has 0 radical (unpaired) electrons. The molecule has 2 aromatic carbocycles. The number of hydrogen-bond acceptors (Lipinski definition) is 9. The number of hydrogen-bond donors (Lipinski definition) is 2. The van der Waals surface area contributed by atoms with E-state index >= 15 is 0 Å². The van der Waals surface area contributed by atoms with Gasteiger partial charge in [-0.3, -0.25) is 14.4 Å². The molecule has 222 valence electrons. The molecule has 12 heteroatoms. The maximum atomic E-state index is 13.9. The van der Waals surface area contributed by atoms with Gasteiger partial charge in [0.1, 0.15) is 6.04 Å². The molecule has 1 saturated heterocycles. The topological polar surface area (TPSA) is 138 Å². The molecule has 42 heavy (non-hydrogen) atoms. The molecule has 2 aliphatic rings. The number of carbonyl (C=O) groups excluding carboxylic acids is 3. The SMILES string of the molecule is COc1ccc([C@H](C(=O)NC[C@H]2CCCO2)N(Cc2ccc3c(c2)OCO3)C(=O)CNC(=O)c2ccco2)cc1OC. The van der Waals surface area contributed by atoms with Gasteiger partial charge in [-0.2, -0.15) is 0 Å². The summed E-state index contributed by atoms with van der Waals surface area (Å²) in [5, 5.41) is 5.55. The van der Waals surface area contributed by atoms with Crippen molar-refractivity contribution in [3.05, 3.63) is 71.7 Å². The van der Waals surface area contributed by atoms with Crippen LogP contribution in [0.5, 0.6) is 23.0 Å². The molecule has 0 saturated carbocycles. The fourth-order valence-electron chi connectivity index (χ4n) is 4.92. The number of fused-ring (bicyclic) bond motifs is 1. The Kier molecular flexibility index (Phi) is 9.12. The average molecular weight is 580 g/mol. The van der Waals surface area contributed by atoms with Crippen molar-refractivity contribution in [3.63, 3.8) is 0 Å². The van der Waals surface area contributed by atoms with Crippen molar-refractivity contribution >= 4 is 17.7 Å². The number of rotatable bonds is 12. The van der Waals surface area contributed by atoms with Crippen LogP contribution in [0, 0.1) is 0 Å². The van der Waals surface area contributed by atoms with Crippen LogP contribution in [0.2, 0.25) is 0 Å². The highest BCUT2D eigenvalue weighted by atomic mass is 16.7. The predicted molar refractivity (Wildman–Crippen MR) is 148 cm³/mol. The van der Waals surface area contributed by atoms with Gasteiger partial charge in [0, 0.05) is 19.7 Å². The van der Waals surface area contributed by atoms with Crippen LogP contribution >= 0.6 is 0 Å². The van der Waals surface area contributed by atoms with Crippen molar-refractivity contribution in [1.82, 2.24) is 15.5 Å². The van der Waals surface area contributed by atoms with Crippen molar-refractivity contribution in [3.8, 4) is 23.0 Å². The molecular formula is C30H33N3O9. The van der Waals surface area contributed by atoms with E-state index in [1.54, 1.807) is 42.5 Å². The number of ether oxygens (including phenoxy) is 5. The molecule has 2 aliphatic heterocycles. The Labute approximate surface area is 242 Å². The van der Waals surface area contributed by atoms with Crippen molar-refractivity contribution in [2.24, 2.45) is 0 Å². The van der Waals surface area contributed by atoms with Crippen LogP contribution in [-0.2, 0) is 20.9 Å². The van der Waals surface area contributed by atoms with Gasteiger partial charge in [-0.1, -0.05) is 12.1 Å². The van der Waals surface area contributed by atoms with Gasteiger partial charge in [0.2, 0.25) is 18.6 Å². The van der Waals surface area contributed by atoms with Crippen molar-refractivity contribution in [1.29, 1.82) is 0 Å². The van der Waals surface area contributed by atoms with Gasteiger partial charge < -0.3 is 43.6 Å². The van der Waals surface area contributed by atoms with Gasteiger partial charge in [-0.05, 0) is 60.4 Å². The van der Waals surface area contributed by atoms with Crippen LogP contribution in [-0.4, -0.2) is 69.4 Å². The second-order valence-electron chi connectivity index (χ2n) is 9.77. The Morgan fingerprint density at radius 3 is 2.57 bits per heavy atom. The Morgan fingerprint density at radius 1 is 1.00 bits per heavy atom. The monoisotopic (exact) mass is 579 g/mol. The molecule has 0 spiro atoms. The van der Waals surface area contributed by atoms with E-state index in [-0.39, 0.29) is 31.7 Å². The second-order valence-corrected chi connectivity index (χ2v) is 9.77. The van der Waals surface area contributed by atoms with Crippen LogP contribution in [0.4, 0.5) is 0 Å². The lowest BCUT2D eigenvalue weighted by molar-refractivity contribution is -0.141. The number of furan rings is 1. The minimum absolute atomic E-state index is 0.0262. The lowest BCUT2D eigenvalue weighted by atomic mass is 10.0. The molecule has 0 aliphatic carbocycles. The molecule has 3 aromatic rings. The largest absolute Gasteiger partial charge is 0.493 e. The molecule has 1 fully saturated rings. The van der Waals surface area contributed by atoms with E-state index in [1.807, 2.05) is 0 Å². The van der Waals surface area contributed by atoms with Gasteiger partial charge in [0.25, 0.3) is 5.91 Å². The first kappa shape index (κ1) is 28.8. The molecule has 12 nitrogen and oxygen atoms in total. The average Bonchev–Trinajstić information content (AvgIpc) is 3.81. The first-order chi connectivity index (χ1) is 20.5. The maximum absolute atomic E-state index is 13.9. The molecule has 2 atom stereocenters. The Morgan fingerprint density at radius 2 is 1.83 bits per heavy atom. The number of benzene rings is 2. The zero-order valence-corrected chi connectivity index (χ0v) is 23.4. The number of nitrogens with one attached hydrogen (secondary N) is 2. The summed E-state index contributed by atoms with van der Waals surface area (Å²) < 4.78 is 32.7. The van der Waals surface area contributed by atoms with E-state index < -0.39 is 23.8 Å². The van der Waals surface area contributed by atoms with E-state index in [0.29, 0.717) is 47.3 Å². The van der Waals surface area contributed by atoms with E-state index in [1.165, 1.54) is 31.4 Å². The molecular weight excluding hydrogens is 546 g/mol. The zero-order chi connectivity index (χ0) is 29.5. The van der Waals surface area contributed by atoms with Crippen molar-refractivity contribution in [2.75, 3.05) is 40.7 Å². The molecule has 3 heterocycles. The Balaban J connectivity index is 1.48. The first-order valence-electron chi connectivity index (χ1n) is 13.6. The van der Waals surface area contributed by atoms with Crippen molar-refractivity contribution in [2.45, 2.75) is 31.5 Å².